The molecule has 0 aliphatic carbocycles. The summed E-state index contributed by atoms with van der Waals surface area (Å²) in [7, 11) is 0. The topological polar surface area (TPSA) is 59.2 Å². The fraction of sp³-hybridized carbons (Fsp3) is 0.333. The predicted octanol–water partition coefficient (Wildman–Crippen LogP) is 3.25. The molecule has 0 bridgehead atoms. The minimum atomic E-state index is -0.296. The van der Waals surface area contributed by atoms with Crippen molar-refractivity contribution < 1.29 is 9.53 Å². The number of H-pyrrole nitrogens is 1. The summed E-state index contributed by atoms with van der Waals surface area (Å²) in [6, 6.07) is 9.83. The number of hydrogen-bond donors (Lipinski definition) is 1. The van der Waals surface area contributed by atoms with Gasteiger partial charge in [-0.05, 0) is 24.0 Å². The van der Waals surface area contributed by atoms with Gasteiger partial charge in [0.15, 0.2) is 0 Å². The number of nitrogens with one attached hydrogen (secondary N) is 1. The summed E-state index contributed by atoms with van der Waals surface area (Å²) >= 11 is 0. The number of aryl methyl sites for hydroxylation is 1. The molecule has 0 radical (unpaired) electrons. The van der Waals surface area contributed by atoms with Gasteiger partial charge in [0.1, 0.15) is 5.75 Å². The van der Waals surface area contributed by atoms with Crippen LogP contribution in [-0.4, -0.2) is 11.0 Å². The molecule has 1 unspecified atom stereocenters. The van der Waals surface area contributed by atoms with Crippen molar-refractivity contribution in [3.05, 3.63) is 63.1 Å². The molecule has 114 valence electrons. The van der Waals surface area contributed by atoms with E-state index in [0.717, 1.165) is 5.56 Å². The molecule has 0 amide bonds. The number of ether oxygens (including phenoxy) is 1. The Balaban J connectivity index is 2.09. The fourth-order valence-electron chi connectivity index (χ4n) is 2.91. The van der Waals surface area contributed by atoms with Crippen LogP contribution >= 0.6 is 0 Å². The SMILES string of the molecule is Cc1cc2c(c(=O)[nH]1)C(c1ccc(C(C)C)cc1)CC(=O)O2. The molecule has 4 heteroatoms. The Morgan fingerprint density at radius 1 is 1.18 bits per heavy atom. The first-order valence-corrected chi connectivity index (χ1v) is 7.50. The Morgan fingerprint density at radius 2 is 1.86 bits per heavy atom. The summed E-state index contributed by atoms with van der Waals surface area (Å²) in [4.78, 5) is 27.0. The third-order valence-corrected chi connectivity index (χ3v) is 4.12. The molecule has 3 rings (SSSR count). The maximum absolute atomic E-state index is 12.3. The second-order valence-electron chi connectivity index (χ2n) is 6.11. The van der Waals surface area contributed by atoms with Gasteiger partial charge >= 0.3 is 5.97 Å². The van der Waals surface area contributed by atoms with Crippen molar-refractivity contribution in [2.75, 3.05) is 0 Å². The Labute approximate surface area is 129 Å². The molecule has 4 nitrogen and oxygen atoms in total. The normalized spacial score (nSPS) is 17.3. The van der Waals surface area contributed by atoms with Crippen LogP contribution in [0.2, 0.25) is 0 Å². The van der Waals surface area contributed by atoms with Crippen LogP contribution in [0.4, 0.5) is 0 Å². The summed E-state index contributed by atoms with van der Waals surface area (Å²) in [6.07, 6.45) is 0.195. The zero-order valence-corrected chi connectivity index (χ0v) is 13.0. The molecule has 1 aliphatic heterocycles. The lowest BCUT2D eigenvalue weighted by Gasteiger charge is -2.24. The molecule has 0 fully saturated rings. The number of rotatable bonds is 2. The molecule has 1 aliphatic rings. The minimum Gasteiger partial charge on any atom is -0.426 e. The molecule has 2 aromatic rings. The van der Waals surface area contributed by atoms with Crippen molar-refractivity contribution in [2.45, 2.75) is 39.0 Å². The lowest BCUT2D eigenvalue weighted by Crippen LogP contribution is -2.28. The standard InChI is InChI=1S/C18H19NO3/c1-10(2)12-4-6-13(7-5-12)14-9-16(20)22-15-8-11(3)19-18(21)17(14)15/h4-8,10,14H,9H2,1-3H3,(H,19,21). The van der Waals surface area contributed by atoms with E-state index in [4.69, 9.17) is 4.74 Å². The molecular formula is C18H19NO3. The highest BCUT2D eigenvalue weighted by molar-refractivity contribution is 5.77. The van der Waals surface area contributed by atoms with Crippen molar-refractivity contribution in [1.82, 2.24) is 4.98 Å². The molecule has 1 aromatic carbocycles. The molecular weight excluding hydrogens is 278 g/mol. The molecule has 1 N–H and O–H groups in total. The number of carbonyl (C=O) groups is 1. The number of pyridine rings is 1. The number of esters is 1. The van der Waals surface area contributed by atoms with Gasteiger partial charge in [-0.1, -0.05) is 38.1 Å². The third kappa shape index (κ3) is 2.56. The van der Waals surface area contributed by atoms with E-state index in [0.29, 0.717) is 22.9 Å². The van der Waals surface area contributed by atoms with E-state index in [1.807, 2.05) is 12.1 Å². The van der Waals surface area contributed by atoms with Crippen molar-refractivity contribution in [3.8, 4) is 5.75 Å². The van der Waals surface area contributed by atoms with Gasteiger partial charge in [0, 0.05) is 17.7 Å². The molecule has 0 spiro atoms. The molecule has 2 heterocycles. The van der Waals surface area contributed by atoms with Crippen molar-refractivity contribution in [3.63, 3.8) is 0 Å². The number of benzene rings is 1. The van der Waals surface area contributed by atoms with E-state index in [1.54, 1.807) is 13.0 Å². The fourth-order valence-corrected chi connectivity index (χ4v) is 2.91. The highest BCUT2D eigenvalue weighted by Crippen LogP contribution is 2.36. The number of carbonyl (C=O) groups excluding carboxylic acids is 1. The van der Waals surface area contributed by atoms with Crippen LogP contribution in [-0.2, 0) is 4.79 Å². The van der Waals surface area contributed by atoms with Crippen molar-refractivity contribution in [1.29, 1.82) is 0 Å². The van der Waals surface area contributed by atoms with Gasteiger partial charge in [0.2, 0.25) is 0 Å². The number of aromatic amines is 1. The van der Waals surface area contributed by atoms with Crippen LogP contribution in [0, 0.1) is 6.92 Å². The summed E-state index contributed by atoms with van der Waals surface area (Å²) in [5, 5.41) is 0. The van der Waals surface area contributed by atoms with Crippen LogP contribution in [0.3, 0.4) is 0 Å². The van der Waals surface area contributed by atoms with E-state index < -0.39 is 0 Å². The Morgan fingerprint density at radius 3 is 2.50 bits per heavy atom. The summed E-state index contributed by atoms with van der Waals surface area (Å²) < 4.78 is 5.25. The van der Waals surface area contributed by atoms with Gasteiger partial charge in [-0.15, -0.1) is 0 Å². The van der Waals surface area contributed by atoms with Crippen LogP contribution in [0.25, 0.3) is 0 Å². The van der Waals surface area contributed by atoms with Gasteiger partial charge in [0.05, 0.1) is 12.0 Å². The van der Waals surface area contributed by atoms with Gasteiger partial charge in [0.25, 0.3) is 5.56 Å². The van der Waals surface area contributed by atoms with Crippen LogP contribution in [0.15, 0.2) is 35.1 Å². The Hall–Kier alpha value is -2.36. The second-order valence-corrected chi connectivity index (χ2v) is 6.11. The van der Waals surface area contributed by atoms with E-state index in [2.05, 4.69) is 31.0 Å². The second kappa shape index (κ2) is 5.44. The molecule has 0 saturated heterocycles. The largest absolute Gasteiger partial charge is 0.426 e. The van der Waals surface area contributed by atoms with Crippen LogP contribution < -0.4 is 10.3 Å². The van der Waals surface area contributed by atoms with E-state index in [9.17, 15) is 9.59 Å². The number of hydrogen-bond acceptors (Lipinski definition) is 3. The quantitative estimate of drug-likeness (QED) is 0.866. The first-order valence-electron chi connectivity index (χ1n) is 7.50. The first kappa shape index (κ1) is 14.6. The molecule has 0 saturated carbocycles. The van der Waals surface area contributed by atoms with E-state index in [-0.39, 0.29) is 23.9 Å². The summed E-state index contributed by atoms with van der Waals surface area (Å²) in [5.74, 6) is 0.288. The van der Waals surface area contributed by atoms with Crippen molar-refractivity contribution >= 4 is 5.97 Å². The Kier molecular flexibility index (Phi) is 3.61. The van der Waals surface area contributed by atoms with Crippen LogP contribution in [0.1, 0.15) is 54.5 Å². The lowest BCUT2D eigenvalue weighted by molar-refractivity contribution is -0.135. The molecule has 1 aromatic heterocycles. The predicted molar refractivity (Wildman–Crippen MR) is 84.4 cm³/mol. The number of fused-ring (bicyclic) bond motifs is 1. The smallest absolute Gasteiger partial charge is 0.312 e. The lowest BCUT2D eigenvalue weighted by atomic mass is 9.86. The third-order valence-electron chi connectivity index (χ3n) is 4.12. The highest BCUT2D eigenvalue weighted by atomic mass is 16.5. The van der Waals surface area contributed by atoms with Gasteiger partial charge in [-0.3, -0.25) is 9.59 Å². The minimum absolute atomic E-state index is 0.180. The van der Waals surface area contributed by atoms with E-state index in [1.165, 1.54) is 5.56 Å². The van der Waals surface area contributed by atoms with Gasteiger partial charge in [-0.2, -0.15) is 0 Å². The monoisotopic (exact) mass is 297 g/mol. The summed E-state index contributed by atoms with van der Waals surface area (Å²) in [5.41, 5.74) is 3.26. The van der Waals surface area contributed by atoms with Crippen LogP contribution in [0.5, 0.6) is 5.75 Å². The highest BCUT2D eigenvalue weighted by Gasteiger charge is 2.31. The zero-order valence-electron chi connectivity index (χ0n) is 13.0. The Bertz CT molecular complexity index is 772. The maximum Gasteiger partial charge on any atom is 0.312 e. The zero-order chi connectivity index (χ0) is 15.9. The molecule has 1 atom stereocenters. The van der Waals surface area contributed by atoms with E-state index >= 15 is 0 Å². The van der Waals surface area contributed by atoms with Gasteiger partial charge in [-0.25, -0.2) is 0 Å². The average molecular weight is 297 g/mol. The number of aromatic nitrogens is 1. The first-order chi connectivity index (χ1) is 10.5. The maximum atomic E-state index is 12.3. The van der Waals surface area contributed by atoms with Gasteiger partial charge < -0.3 is 9.72 Å². The average Bonchev–Trinajstić information content (AvgIpc) is 2.45. The van der Waals surface area contributed by atoms with Crippen molar-refractivity contribution in [2.24, 2.45) is 0 Å². The summed E-state index contributed by atoms with van der Waals surface area (Å²) in [6.45, 7) is 6.04. The molecule has 22 heavy (non-hydrogen) atoms.